The molecule has 0 heterocycles. The Bertz CT molecular complexity index is 275. The van der Waals surface area contributed by atoms with Crippen LogP contribution in [-0.2, 0) is 0 Å². The maximum absolute atomic E-state index is 6.05. The van der Waals surface area contributed by atoms with Crippen LogP contribution in [0.4, 0.5) is 5.69 Å². The Morgan fingerprint density at radius 1 is 1.07 bits per heavy atom. The molecule has 0 amide bonds. The Morgan fingerprint density at radius 3 is 1.93 bits per heavy atom. The van der Waals surface area contributed by atoms with Crippen molar-refractivity contribution in [2.45, 2.75) is 19.9 Å². The van der Waals surface area contributed by atoms with E-state index in [2.05, 4.69) is 43.0 Å². The highest BCUT2D eigenvalue weighted by Gasteiger charge is 2.09. The van der Waals surface area contributed by atoms with Gasteiger partial charge in [-0.1, -0.05) is 26.0 Å². The summed E-state index contributed by atoms with van der Waals surface area (Å²) in [7, 11) is 4.08. The van der Waals surface area contributed by atoms with Gasteiger partial charge >= 0.3 is 0 Å². The average Bonchev–Trinajstić information content (AvgIpc) is 2.16. The van der Waals surface area contributed by atoms with Crippen LogP contribution in [0.5, 0.6) is 0 Å². The Balaban J connectivity index is 2.83. The number of nitrogens with two attached hydrogens (primary N) is 1. The molecule has 0 unspecified atom stereocenters. The molecule has 78 valence electrons. The van der Waals surface area contributed by atoms with E-state index in [1.165, 1.54) is 11.3 Å². The van der Waals surface area contributed by atoms with Crippen LogP contribution in [-0.4, -0.2) is 14.1 Å². The van der Waals surface area contributed by atoms with Gasteiger partial charge in [0.15, 0.2) is 0 Å². The molecule has 2 nitrogen and oxygen atoms in total. The van der Waals surface area contributed by atoms with Crippen molar-refractivity contribution in [3.63, 3.8) is 0 Å². The largest absolute Gasteiger partial charge is 0.378 e. The highest BCUT2D eigenvalue weighted by molar-refractivity contribution is 5.46. The maximum atomic E-state index is 6.05. The second kappa shape index (κ2) is 4.47. The highest BCUT2D eigenvalue weighted by Crippen LogP contribution is 2.21. The van der Waals surface area contributed by atoms with E-state index < -0.39 is 0 Å². The number of benzene rings is 1. The van der Waals surface area contributed by atoms with Crippen molar-refractivity contribution in [1.82, 2.24) is 0 Å². The van der Waals surface area contributed by atoms with Crippen LogP contribution < -0.4 is 10.6 Å². The molecule has 0 aliphatic rings. The zero-order valence-corrected chi connectivity index (χ0v) is 9.49. The minimum Gasteiger partial charge on any atom is -0.378 e. The molecule has 0 radical (unpaired) electrons. The minimum absolute atomic E-state index is 0.145. The first-order valence-corrected chi connectivity index (χ1v) is 5.05. The predicted molar refractivity (Wildman–Crippen MR) is 62.5 cm³/mol. The Hall–Kier alpha value is -1.02. The maximum Gasteiger partial charge on any atom is 0.0361 e. The second-order valence-electron chi connectivity index (χ2n) is 4.26. The normalized spacial score (nSPS) is 13.0. The zero-order chi connectivity index (χ0) is 10.7. The molecule has 0 bridgehead atoms. The summed E-state index contributed by atoms with van der Waals surface area (Å²) in [6, 6.07) is 8.58. The van der Waals surface area contributed by atoms with Crippen LogP contribution in [0.1, 0.15) is 25.5 Å². The lowest BCUT2D eigenvalue weighted by Crippen LogP contribution is -2.17. The van der Waals surface area contributed by atoms with E-state index in [0.29, 0.717) is 5.92 Å². The number of nitrogens with zero attached hydrogens (tertiary/aromatic N) is 1. The van der Waals surface area contributed by atoms with Gasteiger partial charge in [-0.25, -0.2) is 0 Å². The fourth-order valence-electron chi connectivity index (χ4n) is 1.38. The summed E-state index contributed by atoms with van der Waals surface area (Å²) < 4.78 is 0. The van der Waals surface area contributed by atoms with Gasteiger partial charge in [0.25, 0.3) is 0 Å². The third-order valence-corrected chi connectivity index (χ3v) is 2.51. The molecule has 1 aromatic rings. The van der Waals surface area contributed by atoms with E-state index in [9.17, 15) is 0 Å². The van der Waals surface area contributed by atoms with Crippen molar-refractivity contribution >= 4 is 5.69 Å². The van der Waals surface area contributed by atoms with Gasteiger partial charge in [0.1, 0.15) is 0 Å². The highest BCUT2D eigenvalue weighted by atomic mass is 15.1. The molecule has 1 atom stereocenters. The molecule has 14 heavy (non-hydrogen) atoms. The molecule has 0 aliphatic heterocycles. The Labute approximate surface area is 86.7 Å². The van der Waals surface area contributed by atoms with Gasteiger partial charge in [0, 0.05) is 25.8 Å². The van der Waals surface area contributed by atoms with Gasteiger partial charge < -0.3 is 10.6 Å². The van der Waals surface area contributed by atoms with Crippen molar-refractivity contribution in [3.8, 4) is 0 Å². The zero-order valence-electron chi connectivity index (χ0n) is 9.49. The molecule has 1 aromatic carbocycles. The van der Waals surface area contributed by atoms with Crippen LogP contribution in [0.3, 0.4) is 0 Å². The molecule has 2 heteroatoms. The summed E-state index contributed by atoms with van der Waals surface area (Å²) in [6.07, 6.45) is 0. The van der Waals surface area contributed by atoms with Crippen molar-refractivity contribution in [1.29, 1.82) is 0 Å². The molecule has 0 spiro atoms. The van der Waals surface area contributed by atoms with Gasteiger partial charge in [-0.15, -0.1) is 0 Å². The van der Waals surface area contributed by atoms with E-state index in [0.717, 1.165) is 0 Å². The SMILES string of the molecule is CC(C)[C@H](N)c1ccc(N(C)C)cc1. The first kappa shape index (κ1) is 11.1. The summed E-state index contributed by atoms with van der Waals surface area (Å²) in [5, 5.41) is 0. The molecule has 2 N–H and O–H groups in total. The number of anilines is 1. The number of hydrogen-bond donors (Lipinski definition) is 1. The van der Waals surface area contributed by atoms with Crippen LogP contribution in [0.25, 0.3) is 0 Å². The van der Waals surface area contributed by atoms with Crippen LogP contribution in [0.2, 0.25) is 0 Å². The summed E-state index contributed by atoms with van der Waals surface area (Å²) in [5.41, 5.74) is 8.48. The van der Waals surface area contributed by atoms with Crippen molar-refractivity contribution in [3.05, 3.63) is 29.8 Å². The fraction of sp³-hybridized carbons (Fsp3) is 0.500. The monoisotopic (exact) mass is 192 g/mol. The molecule has 0 aliphatic carbocycles. The molecule has 1 rings (SSSR count). The second-order valence-corrected chi connectivity index (χ2v) is 4.26. The van der Waals surface area contributed by atoms with E-state index in [1.54, 1.807) is 0 Å². The third-order valence-electron chi connectivity index (χ3n) is 2.51. The Morgan fingerprint density at radius 2 is 1.57 bits per heavy atom. The van der Waals surface area contributed by atoms with E-state index >= 15 is 0 Å². The van der Waals surface area contributed by atoms with Gasteiger partial charge in [0.2, 0.25) is 0 Å². The summed E-state index contributed by atoms with van der Waals surface area (Å²) >= 11 is 0. The summed E-state index contributed by atoms with van der Waals surface area (Å²) in [4.78, 5) is 2.09. The van der Waals surface area contributed by atoms with Crippen molar-refractivity contribution < 1.29 is 0 Å². The molecule has 0 saturated heterocycles. The standard InChI is InChI=1S/C12H20N2/c1-9(2)12(13)10-5-7-11(8-6-10)14(3)4/h5-9,12H,13H2,1-4H3/t12-/m0/s1. The van der Waals surface area contributed by atoms with Crippen molar-refractivity contribution in [2.24, 2.45) is 11.7 Å². The lowest BCUT2D eigenvalue weighted by Gasteiger charge is -2.18. The number of hydrogen-bond acceptors (Lipinski definition) is 2. The van der Waals surface area contributed by atoms with Crippen molar-refractivity contribution in [2.75, 3.05) is 19.0 Å². The molecule has 0 fully saturated rings. The lowest BCUT2D eigenvalue weighted by atomic mass is 9.97. The first-order valence-electron chi connectivity index (χ1n) is 5.05. The predicted octanol–water partition coefficient (Wildman–Crippen LogP) is 2.41. The van der Waals surface area contributed by atoms with E-state index in [-0.39, 0.29) is 6.04 Å². The lowest BCUT2D eigenvalue weighted by molar-refractivity contribution is 0.514. The number of rotatable bonds is 3. The van der Waals surface area contributed by atoms with Crippen LogP contribution in [0.15, 0.2) is 24.3 Å². The Kier molecular flexibility index (Phi) is 3.53. The molecular formula is C12H20N2. The minimum atomic E-state index is 0.145. The van der Waals surface area contributed by atoms with Gasteiger partial charge in [-0.05, 0) is 23.6 Å². The third kappa shape index (κ3) is 2.48. The average molecular weight is 192 g/mol. The van der Waals surface area contributed by atoms with Gasteiger partial charge in [-0.2, -0.15) is 0 Å². The summed E-state index contributed by atoms with van der Waals surface area (Å²) in [6.45, 7) is 4.29. The smallest absolute Gasteiger partial charge is 0.0361 e. The first-order chi connectivity index (χ1) is 6.52. The van der Waals surface area contributed by atoms with Gasteiger partial charge in [0.05, 0.1) is 0 Å². The van der Waals surface area contributed by atoms with Crippen LogP contribution >= 0.6 is 0 Å². The topological polar surface area (TPSA) is 29.3 Å². The molecule has 0 aromatic heterocycles. The van der Waals surface area contributed by atoms with E-state index in [1.807, 2.05) is 14.1 Å². The fourth-order valence-corrected chi connectivity index (χ4v) is 1.38. The van der Waals surface area contributed by atoms with Crippen LogP contribution in [0, 0.1) is 5.92 Å². The molecular weight excluding hydrogens is 172 g/mol. The molecule has 0 saturated carbocycles. The summed E-state index contributed by atoms with van der Waals surface area (Å²) in [5.74, 6) is 0.486. The van der Waals surface area contributed by atoms with E-state index in [4.69, 9.17) is 5.73 Å². The van der Waals surface area contributed by atoms with Gasteiger partial charge in [-0.3, -0.25) is 0 Å². The quantitative estimate of drug-likeness (QED) is 0.797.